The molecule has 0 amide bonds. The van der Waals surface area contributed by atoms with Gasteiger partial charge in [0.15, 0.2) is 0 Å². The number of carbonyl (C=O) groups is 2. The van der Waals surface area contributed by atoms with Crippen LogP contribution in [0.25, 0.3) is 0 Å². The normalized spacial score (nSPS) is 11.5. The van der Waals surface area contributed by atoms with Gasteiger partial charge in [0.1, 0.15) is 10.0 Å². The van der Waals surface area contributed by atoms with Crippen molar-refractivity contribution in [2.24, 2.45) is 9.98 Å². The van der Waals surface area contributed by atoms with E-state index in [1.54, 1.807) is 26.3 Å². The van der Waals surface area contributed by atoms with E-state index in [1.807, 2.05) is 52.0 Å². The molecule has 8 heteroatoms. The largest absolute Gasteiger partial charge is 0.462 e. The molecule has 0 saturated carbocycles. The number of aryl methyl sites for hydroxylation is 2. The van der Waals surface area contributed by atoms with Crippen LogP contribution in [0.4, 0.5) is 10.0 Å². The third-order valence-electron chi connectivity index (χ3n) is 5.29. The molecule has 0 fully saturated rings. The van der Waals surface area contributed by atoms with Crippen LogP contribution in [0.5, 0.6) is 0 Å². The Morgan fingerprint density at radius 1 is 0.735 bits per heavy atom. The number of carbonyl (C=O) groups excluding carboxylic acids is 2. The minimum absolute atomic E-state index is 0.325. The van der Waals surface area contributed by atoms with Crippen LogP contribution >= 0.6 is 22.7 Å². The van der Waals surface area contributed by atoms with Gasteiger partial charge in [-0.25, -0.2) is 19.6 Å². The van der Waals surface area contributed by atoms with Crippen molar-refractivity contribution in [3.63, 3.8) is 0 Å². The molecule has 0 spiro atoms. The van der Waals surface area contributed by atoms with Gasteiger partial charge in [-0.1, -0.05) is 24.3 Å². The fourth-order valence-corrected chi connectivity index (χ4v) is 5.20. The van der Waals surface area contributed by atoms with Gasteiger partial charge in [0.25, 0.3) is 0 Å². The summed E-state index contributed by atoms with van der Waals surface area (Å²) >= 11 is 2.95. The first-order valence-corrected chi connectivity index (χ1v) is 12.6. The fourth-order valence-electron chi connectivity index (χ4n) is 3.22. The van der Waals surface area contributed by atoms with E-state index in [-0.39, 0.29) is 11.9 Å². The van der Waals surface area contributed by atoms with Crippen molar-refractivity contribution in [3.8, 4) is 0 Å². The van der Waals surface area contributed by atoms with Gasteiger partial charge in [-0.15, -0.1) is 22.7 Å². The van der Waals surface area contributed by atoms with Crippen molar-refractivity contribution in [2.75, 3.05) is 13.2 Å². The topological polar surface area (TPSA) is 77.3 Å². The van der Waals surface area contributed by atoms with Gasteiger partial charge in [0, 0.05) is 22.2 Å². The van der Waals surface area contributed by atoms with Gasteiger partial charge in [-0.2, -0.15) is 0 Å². The molecule has 0 N–H and O–H groups in total. The number of hydrogen-bond donors (Lipinski definition) is 0. The number of nitrogens with zero attached hydrogens (tertiary/aromatic N) is 2. The van der Waals surface area contributed by atoms with Crippen LogP contribution in [0, 0.1) is 27.7 Å². The van der Waals surface area contributed by atoms with E-state index >= 15 is 0 Å². The summed E-state index contributed by atoms with van der Waals surface area (Å²) in [7, 11) is 0. The Morgan fingerprint density at radius 2 is 1.09 bits per heavy atom. The molecule has 1 aromatic carbocycles. The lowest BCUT2D eigenvalue weighted by atomic mass is 10.1. The Bertz CT molecular complexity index is 1150. The molecule has 0 unspecified atom stereocenters. The first-order valence-electron chi connectivity index (χ1n) is 11.0. The summed E-state index contributed by atoms with van der Waals surface area (Å²) in [5, 5.41) is 1.29. The van der Waals surface area contributed by atoms with Crippen molar-refractivity contribution < 1.29 is 19.1 Å². The van der Waals surface area contributed by atoms with Gasteiger partial charge in [-0.3, -0.25) is 0 Å². The van der Waals surface area contributed by atoms with Crippen molar-refractivity contribution in [3.05, 3.63) is 67.4 Å². The highest BCUT2D eigenvalue weighted by atomic mass is 32.1. The van der Waals surface area contributed by atoms with Gasteiger partial charge in [0.2, 0.25) is 0 Å². The highest BCUT2D eigenvalue weighted by molar-refractivity contribution is 7.16. The van der Waals surface area contributed by atoms with Gasteiger partial charge < -0.3 is 9.47 Å². The lowest BCUT2D eigenvalue weighted by Crippen LogP contribution is -2.05. The molecule has 2 heterocycles. The van der Waals surface area contributed by atoms with E-state index < -0.39 is 0 Å². The second-order valence-corrected chi connectivity index (χ2v) is 9.96. The molecule has 0 aliphatic rings. The van der Waals surface area contributed by atoms with E-state index in [1.165, 1.54) is 22.7 Å². The molecular formula is C26H28N2O4S2. The summed E-state index contributed by atoms with van der Waals surface area (Å²) in [6, 6.07) is 7.72. The maximum absolute atomic E-state index is 12.3. The molecule has 0 radical (unpaired) electrons. The molecule has 34 heavy (non-hydrogen) atoms. The number of ether oxygens (including phenoxy) is 2. The number of benzene rings is 1. The summed E-state index contributed by atoms with van der Waals surface area (Å²) in [5.74, 6) is -0.686. The maximum atomic E-state index is 12.3. The van der Waals surface area contributed by atoms with Crippen molar-refractivity contribution in [1.29, 1.82) is 0 Å². The number of thiophene rings is 2. The lowest BCUT2D eigenvalue weighted by molar-refractivity contribution is 0.0517. The Labute approximate surface area is 208 Å². The van der Waals surface area contributed by atoms with Gasteiger partial charge in [0.05, 0.1) is 24.3 Å². The highest BCUT2D eigenvalue weighted by Gasteiger charge is 2.21. The molecule has 0 atom stereocenters. The molecule has 0 aliphatic heterocycles. The standard InChI is InChI=1S/C26H28N2O4S2/c1-7-31-25(29)21-15(3)17(5)33-23(21)27-13-19-9-11-20(12-10-19)14-28-24-22(26(30)32-8-2)16(4)18(6)34-24/h9-14H,7-8H2,1-6H3/b27-13+,28-14+. The van der Waals surface area contributed by atoms with E-state index in [4.69, 9.17) is 9.47 Å². The average molecular weight is 497 g/mol. The predicted octanol–water partition coefficient (Wildman–Crippen LogP) is 6.90. The number of aliphatic imine (C=N–C) groups is 2. The van der Waals surface area contributed by atoms with Crippen LogP contribution in [0.2, 0.25) is 0 Å². The average Bonchev–Trinajstić information content (AvgIpc) is 3.26. The molecular weight excluding hydrogens is 468 g/mol. The van der Waals surface area contributed by atoms with Crippen LogP contribution in [0.1, 0.15) is 66.6 Å². The van der Waals surface area contributed by atoms with E-state index in [0.29, 0.717) is 34.3 Å². The van der Waals surface area contributed by atoms with E-state index in [0.717, 1.165) is 32.0 Å². The highest BCUT2D eigenvalue weighted by Crippen LogP contribution is 2.36. The molecule has 0 saturated heterocycles. The molecule has 178 valence electrons. The second-order valence-electron chi connectivity index (χ2n) is 7.55. The number of rotatable bonds is 8. The molecule has 2 aromatic heterocycles. The SMILES string of the molecule is CCOC(=O)c1c(/N=C/c2ccc(/C=N/c3sc(C)c(C)c3C(=O)OCC)cc2)sc(C)c1C. The minimum Gasteiger partial charge on any atom is -0.462 e. The third kappa shape index (κ3) is 5.69. The summed E-state index contributed by atoms with van der Waals surface area (Å²) < 4.78 is 10.4. The summed E-state index contributed by atoms with van der Waals surface area (Å²) in [4.78, 5) is 35.9. The monoisotopic (exact) mass is 496 g/mol. The zero-order valence-electron chi connectivity index (χ0n) is 20.2. The van der Waals surface area contributed by atoms with E-state index in [9.17, 15) is 9.59 Å². The quantitative estimate of drug-likeness (QED) is 0.251. The van der Waals surface area contributed by atoms with Crippen LogP contribution in [-0.2, 0) is 9.47 Å². The predicted molar refractivity (Wildman–Crippen MR) is 140 cm³/mol. The fraction of sp³-hybridized carbons (Fsp3) is 0.308. The van der Waals surface area contributed by atoms with Crippen molar-refractivity contribution in [2.45, 2.75) is 41.5 Å². The Kier molecular flexibility index (Phi) is 8.52. The summed E-state index contributed by atoms with van der Waals surface area (Å²) in [5.41, 5.74) is 4.66. The van der Waals surface area contributed by atoms with Crippen LogP contribution in [0.15, 0.2) is 34.3 Å². The molecule has 3 rings (SSSR count). The summed E-state index contributed by atoms with van der Waals surface area (Å²) in [6.45, 7) is 12.0. The van der Waals surface area contributed by atoms with Crippen LogP contribution in [-0.4, -0.2) is 37.6 Å². The third-order valence-corrected chi connectivity index (χ3v) is 7.52. The smallest absolute Gasteiger partial charge is 0.341 e. The number of hydrogen-bond acceptors (Lipinski definition) is 8. The Hall–Kier alpha value is -3.10. The molecule has 0 aliphatic carbocycles. The Morgan fingerprint density at radius 3 is 1.41 bits per heavy atom. The molecule has 0 bridgehead atoms. The summed E-state index contributed by atoms with van der Waals surface area (Å²) in [6.07, 6.45) is 3.47. The van der Waals surface area contributed by atoms with Gasteiger partial charge >= 0.3 is 11.9 Å². The molecule has 3 aromatic rings. The van der Waals surface area contributed by atoms with E-state index in [2.05, 4.69) is 9.98 Å². The maximum Gasteiger partial charge on any atom is 0.341 e. The van der Waals surface area contributed by atoms with Crippen LogP contribution in [0.3, 0.4) is 0 Å². The number of esters is 2. The first-order chi connectivity index (χ1) is 16.3. The second kappa shape index (κ2) is 11.4. The first kappa shape index (κ1) is 25.5. The van der Waals surface area contributed by atoms with Crippen LogP contribution < -0.4 is 0 Å². The zero-order chi connectivity index (χ0) is 24.8. The lowest BCUT2D eigenvalue weighted by Gasteiger charge is -2.03. The molecule has 6 nitrogen and oxygen atoms in total. The Balaban J connectivity index is 1.79. The zero-order valence-corrected chi connectivity index (χ0v) is 21.9. The van der Waals surface area contributed by atoms with Crippen molar-refractivity contribution in [1.82, 2.24) is 0 Å². The minimum atomic E-state index is -0.343. The van der Waals surface area contributed by atoms with Gasteiger partial charge in [-0.05, 0) is 63.8 Å². The van der Waals surface area contributed by atoms with Crippen molar-refractivity contribution >= 4 is 57.0 Å².